The van der Waals surface area contributed by atoms with Gasteiger partial charge in [0.05, 0.1) is 28.5 Å². The van der Waals surface area contributed by atoms with Gasteiger partial charge in [-0.15, -0.1) is 0 Å². The Morgan fingerprint density at radius 1 is 1.14 bits per heavy atom. The summed E-state index contributed by atoms with van der Waals surface area (Å²) in [4.78, 5) is 0.0401. The van der Waals surface area contributed by atoms with Gasteiger partial charge in [-0.3, -0.25) is 9.69 Å². The van der Waals surface area contributed by atoms with Crippen LogP contribution in [0.2, 0.25) is 0 Å². The lowest BCUT2D eigenvalue weighted by Crippen LogP contribution is -2.18. The normalized spacial score (nSPS) is 17.0. The van der Waals surface area contributed by atoms with Gasteiger partial charge in [-0.25, -0.2) is 13.6 Å². The van der Waals surface area contributed by atoms with Crippen LogP contribution in [0.3, 0.4) is 0 Å². The Morgan fingerprint density at radius 2 is 1.86 bits per heavy atom. The molecule has 0 spiro atoms. The highest BCUT2D eigenvalue weighted by Crippen LogP contribution is 2.38. The van der Waals surface area contributed by atoms with Crippen LogP contribution in [0.1, 0.15) is 23.6 Å². The minimum atomic E-state index is -3.77. The molecule has 0 fully saturated rings. The van der Waals surface area contributed by atoms with Crippen LogP contribution in [0, 0.1) is 0 Å². The molecule has 0 unspecified atom stereocenters. The second kappa shape index (κ2) is 6.77. The van der Waals surface area contributed by atoms with Crippen LogP contribution >= 0.6 is 0 Å². The van der Waals surface area contributed by atoms with Gasteiger partial charge in [0, 0.05) is 30.8 Å². The van der Waals surface area contributed by atoms with E-state index in [4.69, 9.17) is 10.2 Å². The Kier molecular flexibility index (Phi) is 4.40. The lowest BCUT2D eigenvalue weighted by Gasteiger charge is -2.22. The predicted octanol–water partition coefficient (Wildman–Crippen LogP) is 2.13. The lowest BCUT2D eigenvalue weighted by atomic mass is 10.00. The van der Waals surface area contributed by atoms with E-state index in [0.717, 1.165) is 11.3 Å². The van der Waals surface area contributed by atoms with Crippen molar-refractivity contribution in [2.45, 2.75) is 17.4 Å². The number of hydrazone groups is 1. The van der Waals surface area contributed by atoms with E-state index < -0.39 is 10.0 Å². The van der Waals surface area contributed by atoms with E-state index in [9.17, 15) is 13.5 Å². The third-order valence-corrected chi connectivity index (χ3v) is 5.59. The van der Waals surface area contributed by atoms with Gasteiger partial charge in [-0.1, -0.05) is 12.1 Å². The number of benzene rings is 2. The number of hydrogen-bond acceptors (Lipinski definition) is 6. The van der Waals surface area contributed by atoms with Gasteiger partial charge in [0.1, 0.15) is 5.75 Å². The van der Waals surface area contributed by atoms with Crippen LogP contribution in [0.15, 0.2) is 70.9 Å². The molecule has 0 saturated carbocycles. The molecule has 2 heterocycles. The predicted molar refractivity (Wildman–Crippen MR) is 106 cm³/mol. The number of sulfonamides is 1. The molecule has 1 aromatic heterocycles. The van der Waals surface area contributed by atoms with Crippen LogP contribution in [-0.2, 0) is 17.1 Å². The van der Waals surface area contributed by atoms with E-state index in [-0.39, 0.29) is 16.7 Å². The summed E-state index contributed by atoms with van der Waals surface area (Å²) in [6.07, 6.45) is 4.26. The maximum atomic E-state index is 11.5. The first-order chi connectivity index (χ1) is 13.3. The van der Waals surface area contributed by atoms with Gasteiger partial charge in [-0.05, 0) is 36.4 Å². The van der Waals surface area contributed by atoms with E-state index in [1.54, 1.807) is 35.1 Å². The average Bonchev–Trinajstić information content (AvgIpc) is 3.28. The van der Waals surface area contributed by atoms with Gasteiger partial charge in [0.2, 0.25) is 10.0 Å². The van der Waals surface area contributed by atoms with Gasteiger partial charge in [0.15, 0.2) is 0 Å². The van der Waals surface area contributed by atoms with Crippen molar-refractivity contribution in [2.24, 2.45) is 17.3 Å². The number of anilines is 1. The second-order valence-corrected chi connectivity index (χ2v) is 8.18. The molecule has 4 rings (SSSR count). The van der Waals surface area contributed by atoms with Crippen molar-refractivity contribution in [1.82, 2.24) is 9.78 Å². The summed E-state index contributed by atoms with van der Waals surface area (Å²) in [7, 11) is -1.92. The quantitative estimate of drug-likeness (QED) is 0.700. The largest absolute Gasteiger partial charge is 0.507 e. The van der Waals surface area contributed by atoms with E-state index >= 15 is 0 Å². The number of hydrogen-bond donors (Lipinski definition) is 2. The first-order valence-corrected chi connectivity index (χ1v) is 10.1. The van der Waals surface area contributed by atoms with E-state index in [1.807, 2.05) is 30.4 Å². The van der Waals surface area contributed by atoms with Crippen molar-refractivity contribution in [3.63, 3.8) is 0 Å². The standard InChI is InChI=1S/C19H19N5O3S/c1-23-12-13(11-21-23)18-10-17(16-4-2-3-5-19(16)25)22-24(18)14-6-8-15(9-7-14)28(20,26)27/h2-9,11-12,18,25H,10H2,1H3,(H2,20,26,27)/t18-/m0/s1. The van der Waals surface area contributed by atoms with Crippen molar-refractivity contribution in [2.75, 3.05) is 5.01 Å². The smallest absolute Gasteiger partial charge is 0.238 e. The fourth-order valence-corrected chi connectivity index (χ4v) is 3.80. The number of aromatic hydroxyl groups is 1. The van der Waals surface area contributed by atoms with Crippen LogP contribution < -0.4 is 10.1 Å². The summed E-state index contributed by atoms with van der Waals surface area (Å²) in [5.74, 6) is 0.164. The summed E-state index contributed by atoms with van der Waals surface area (Å²) in [6, 6.07) is 13.2. The maximum absolute atomic E-state index is 11.5. The van der Waals surface area contributed by atoms with E-state index in [2.05, 4.69) is 5.10 Å². The van der Waals surface area contributed by atoms with Gasteiger partial charge in [0.25, 0.3) is 0 Å². The third-order valence-electron chi connectivity index (χ3n) is 4.66. The average molecular weight is 397 g/mol. The zero-order valence-electron chi connectivity index (χ0n) is 15.1. The monoisotopic (exact) mass is 397 g/mol. The fourth-order valence-electron chi connectivity index (χ4n) is 3.29. The molecule has 3 aromatic rings. The summed E-state index contributed by atoms with van der Waals surface area (Å²) >= 11 is 0. The molecule has 0 bridgehead atoms. The zero-order chi connectivity index (χ0) is 19.9. The molecule has 1 aliphatic rings. The number of aryl methyl sites for hydroxylation is 1. The SMILES string of the molecule is Cn1cc([C@@H]2CC(c3ccccc3O)=NN2c2ccc(S(N)(=O)=O)cc2)cn1. The first-order valence-electron chi connectivity index (χ1n) is 8.59. The highest BCUT2D eigenvalue weighted by atomic mass is 32.2. The highest BCUT2D eigenvalue weighted by molar-refractivity contribution is 7.89. The Morgan fingerprint density at radius 3 is 2.46 bits per heavy atom. The molecular formula is C19H19N5O3S. The lowest BCUT2D eigenvalue weighted by molar-refractivity contribution is 0.474. The summed E-state index contributed by atoms with van der Waals surface area (Å²) in [5.41, 5.74) is 3.08. The van der Waals surface area contributed by atoms with Crippen LogP contribution in [0.25, 0.3) is 0 Å². The summed E-state index contributed by atoms with van der Waals surface area (Å²) < 4.78 is 24.8. The minimum Gasteiger partial charge on any atom is -0.507 e. The van der Waals surface area contributed by atoms with Crippen LogP contribution in [0.4, 0.5) is 5.69 Å². The molecule has 1 aliphatic heterocycles. The number of rotatable bonds is 4. The summed E-state index contributed by atoms with van der Waals surface area (Å²) in [5, 5.41) is 26.2. The molecule has 1 atom stereocenters. The number of para-hydroxylation sites is 1. The Balaban J connectivity index is 1.76. The van der Waals surface area contributed by atoms with Crippen molar-refractivity contribution >= 4 is 21.4 Å². The molecule has 28 heavy (non-hydrogen) atoms. The van der Waals surface area contributed by atoms with Crippen LogP contribution in [-0.4, -0.2) is 29.0 Å². The van der Waals surface area contributed by atoms with E-state index in [0.29, 0.717) is 17.7 Å². The molecule has 0 amide bonds. The number of phenols is 1. The second-order valence-electron chi connectivity index (χ2n) is 6.61. The third kappa shape index (κ3) is 3.37. The molecule has 0 saturated heterocycles. The topological polar surface area (TPSA) is 114 Å². The van der Waals surface area contributed by atoms with Crippen molar-refractivity contribution in [3.05, 3.63) is 72.1 Å². The van der Waals surface area contributed by atoms with Crippen LogP contribution in [0.5, 0.6) is 5.75 Å². The van der Waals surface area contributed by atoms with Gasteiger partial charge >= 0.3 is 0 Å². The molecule has 0 aliphatic carbocycles. The summed E-state index contributed by atoms with van der Waals surface area (Å²) in [6.45, 7) is 0. The molecule has 0 radical (unpaired) electrons. The number of primary sulfonamides is 1. The highest BCUT2D eigenvalue weighted by Gasteiger charge is 2.31. The Hall–Kier alpha value is -3.17. The van der Waals surface area contributed by atoms with Crippen molar-refractivity contribution in [3.8, 4) is 5.75 Å². The molecule has 8 nitrogen and oxygen atoms in total. The van der Waals surface area contributed by atoms with Gasteiger partial charge < -0.3 is 5.11 Å². The Bertz CT molecular complexity index is 1150. The number of nitrogens with zero attached hydrogens (tertiary/aromatic N) is 4. The van der Waals surface area contributed by atoms with Crippen molar-refractivity contribution < 1.29 is 13.5 Å². The molecular weight excluding hydrogens is 378 g/mol. The molecule has 2 aromatic carbocycles. The van der Waals surface area contributed by atoms with Gasteiger partial charge in [-0.2, -0.15) is 10.2 Å². The molecule has 144 valence electrons. The maximum Gasteiger partial charge on any atom is 0.238 e. The molecule has 9 heteroatoms. The first kappa shape index (κ1) is 18.2. The number of phenolic OH excluding ortho intramolecular Hbond substituents is 1. The molecule has 3 N–H and O–H groups in total. The van der Waals surface area contributed by atoms with Crippen molar-refractivity contribution in [1.29, 1.82) is 0 Å². The Labute approximate surface area is 162 Å². The zero-order valence-corrected chi connectivity index (χ0v) is 15.9. The van der Waals surface area contributed by atoms with E-state index in [1.165, 1.54) is 12.1 Å². The number of nitrogens with two attached hydrogens (primary N) is 1. The number of aromatic nitrogens is 2. The fraction of sp³-hybridized carbons (Fsp3) is 0.158. The minimum absolute atomic E-state index is 0.0401.